The number of aryl methyl sites for hydroxylation is 1. The van der Waals surface area contributed by atoms with Gasteiger partial charge in [-0.25, -0.2) is 4.68 Å². The maximum absolute atomic E-state index is 12.2. The molecule has 1 aliphatic carbocycles. The Morgan fingerprint density at radius 3 is 2.85 bits per heavy atom. The van der Waals surface area contributed by atoms with Gasteiger partial charge in [0.25, 0.3) is 5.56 Å². The van der Waals surface area contributed by atoms with E-state index in [1.54, 1.807) is 17.1 Å². The molecule has 106 valence electrons. The summed E-state index contributed by atoms with van der Waals surface area (Å²) in [7, 11) is 1.88. The van der Waals surface area contributed by atoms with Gasteiger partial charge in [0.1, 0.15) is 4.47 Å². The number of hydrogen-bond donors (Lipinski definition) is 1. The Balaban J connectivity index is 1.73. The topological polar surface area (TPSA) is 64.7 Å². The second-order valence-corrected chi connectivity index (χ2v) is 5.97. The largest absolute Gasteiger partial charge is 0.378 e. The molecular weight excluding hydrogens is 322 g/mol. The third-order valence-corrected chi connectivity index (χ3v) is 4.12. The van der Waals surface area contributed by atoms with Crippen LogP contribution in [0, 0.1) is 5.92 Å². The minimum Gasteiger partial charge on any atom is -0.378 e. The molecule has 0 saturated heterocycles. The summed E-state index contributed by atoms with van der Waals surface area (Å²) in [6.45, 7) is 1.33. The molecule has 0 aliphatic heterocycles. The lowest BCUT2D eigenvalue weighted by atomic mass is 10.3. The van der Waals surface area contributed by atoms with Crippen LogP contribution in [0.4, 0.5) is 5.69 Å². The number of halogens is 1. The van der Waals surface area contributed by atoms with Crippen LogP contribution in [0.15, 0.2) is 27.9 Å². The van der Waals surface area contributed by atoms with Crippen molar-refractivity contribution in [1.82, 2.24) is 19.6 Å². The fraction of sp³-hybridized carbons (Fsp3) is 0.462. The van der Waals surface area contributed by atoms with Crippen LogP contribution in [-0.4, -0.2) is 19.6 Å². The molecule has 2 aromatic heterocycles. The Labute approximate surface area is 124 Å². The Morgan fingerprint density at radius 1 is 1.40 bits per heavy atom. The van der Waals surface area contributed by atoms with Gasteiger partial charge in [-0.1, -0.05) is 0 Å². The third-order valence-electron chi connectivity index (χ3n) is 3.35. The van der Waals surface area contributed by atoms with Gasteiger partial charge in [-0.3, -0.25) is 9.48 Å². The van der Waals surface area contributed by atoms with Crippen LogP contribution in [0.3, 0.4) is 0 Å². The summed E-state index contributed by atoms with van der Waals surface area (Å²) in [4.78, 5) is 12.2. The number of nitrogens with one attached hydrogen (secondary N) is 1. The zero-order valence-electron chi connectivity index (χ0n) is 11.2. The minimum absolute atomic E-state index is 0.0758. The summed E-state index contributed by atoms with van der Waals surface area (Å²) in [5.41, 5.74) is 1.69. The predicted molar refractivity (Wildman–Crippen MR) is 79.5 cm³/mol. The van der Waals surface area contributed by atoms with Crippen molar-refractivity contribution < 1.29 is 0 Å². The molecule has 2 heterocycles. The van der Waals surface area contributed by atoms with E-state index < -0.39 is 0 Å². The standard InChI is InChI=1S/C13H16BrN5O/c1-18-7-10(5-16-18)4-15-11-6-17-19(8-9-2-3-9)13(20)12(11)14/h5-7,9,15H,2-4,8H2,1H3. The van der Waals surface area contributed by atoms with Crippen molar-refractivity contribution in [2.24, 2.45) is 13.0 Å². The molecule has 0 bridgehead atoms. The lowest BCUT2D eigenvalue weighted by Gasteiger charge is -2.09. The summed E-state index contributed by atoms with van der Waals surface area (Å²) >= 11 is 3.36. The van der Waals surface area contributed by atoms with Crippen molar-refractivity contribution in [2.75, 3.05) is 5.32 Å². The van der Waals surface area contributed by atoms with E-state index >= 15 is 0 Å². The van der Waals surface area contributed by atoms with Crippen molar-refractivity contribution in [2.45, 2.75) is 25.9 Å². The summed E-state index contributed by atoms with van der Waals surface area (Å²) in [6, 6.07) is 0. The van der Waals surface area contributed by atoms with Gasteiger partial charge >= 0.3 is 0 Å². The van der Waals surface area contributed by atoms with E-state index in [2.05, 4.69) is 31.4 Å². The van der Waals surface area contributed by atoms with E-state index in [1.807, 2.05) is 13.2 Å². The molecule has 1 saturated carbocycles. The molecule has 1 aliphatic rings. The molecule has 0 amide bonds. The van der Waals surface area contributed by atoms with E-state index in [0.717, 1.165) is 12.1 Å². The van der Waals surface area contributed by atoms with Gasteiger partial charge in [0, 0.05) is 31.9 Å². The Morgan fingerprint density at radius 2 is 2.20 bits per heavy atom. The molecule has 0 spiro atoms. The summed E-state index contributed by atoms with van der Waals surface area (Å²) < 4.78 is 3.83. The number of rotatable bonds is 5. The predicted octanol–water partition coefficient (Wildman–Crippen LogP) is 1.76. The smallest absolute Gasteiger partial charge is 0.283 e. The van der Waals surface area contributed by atoms with Gasteiger partial charge in [0.2, 0.25) is 0 Å². The molecule has 7 heteroatoms. The second kappa shape index (κ2) is 5.40. The molecule has 0 atom stereocenters. The zero-order chi connectivity index (χ0) is 14.1. The van der Waals surface area contributed by atoms with Crippen LogP contribution >= 0.6 is 15.9 Å². The van der Waals surface area contributed by atoms with Gasteiger partial charge < -0.3 is 5.32 Å². The van der Waals surface area contributed by atoms with Crippen LogP contribution < -0.4 is 10.9 Å². The van der Waals surface area contributed by atoms with E-state index in [1.165, 1.54) is 17.5 Å². The quantitative estimate of drug-likeness (QED) is 0.902. The van der Waals surface area contributed by atoms with Crippen LogP contribution in [0.5, 0.6) is 0 Å². The molecule has 2 aromatic rings. The van der Waals surface area contributed by atoms with Crippen molar-refractivity contribution in [3.63, 3.8) is 0 Å². The molecule has 1 fully saturated rings. The molecule has 3 rings (SSSR count). The fourth-order valence-corrected chi connectivity index (χ4v) is 2.47. The molecule has 20 heavy (non-hydrogen) atoms. The third kappa shape index (κ3) is 2.92. The number of anilines is 1. The van der Waals surface area contributed by atoms with E-state index in [-0.39, 0.29) is 5.56 Å². The lowest BCUT2D eigenvalue weighted by Crippen LogP contribution is -2.25. The highest BCUT2D eigenvalue weighted by atomic mass is 79.9. The summed E-state index contributed by atoms with van der Waals surface area (Å²) in [5, 5.41) is 11.5. The van der Waals surface area contributed by atoms with Crippen molar-refractivity contribution >= 4 is 21.6 Å². The SMILES string of the molecule is Cn1cc(CNc2cnn(CC3CC3)c(=O)c2Br)cn1. The van der Waals surface area contributed by atoms with Crippen LogP contribution in [-0.2, 0) is 20.1 Å². The first-order valence-corrected chi connectivity index (χ1v) is 7.40. The lowest BCUT2D eigenvalue weighted by molar-refractivity contribution is 0.532. The average molecular weight is 338 g/mol. The van der Waals surface area contributed by atoms with Crippen molar-refractivity contribution in [3.8, 4) is 0 Å². The molecule has 0 unspecified atom stereocenters. The van der Waals surface area contributed by atoms with Crippen LogP contribution in [0.1, 0.15) is 18.4 Å². The fourth-order valence-electron chi connectivity index (χ4n) is 2.02. The van der Waals surface area contributed by atoms with E-state index in [4.69, 9.17) is 0 Å². The maximum Gasteiger partial charge on any atom is 0.283 e. The summed E-state index contributed by atoms with van der Waals surface area (Å²) in [6.07, 6.45) is 7.83. The zero-order valence-corrected chi connectivity index (χ0v) is 12.8. The number of hydrogen-bond acceptors (Lipinski definition) is 4. The Hall–Kier alpha value is -1.63. The number of nitrogens with zero attached hydrogens (tertiary/aromatic N) is 4. The molecule has 6 nitrogen and oxygen atoms in total. The Kier molecular flexibility index (Phi) is 3.60. The molecule has 0 radical (unpaired) electrons. The van der Waals surface area contributed by atoms with Crippen molar-refractivity contribution in [1.29, 1.82) is 0 Å². The minimum atomic E-state index is -0.0758. The first-order valence-electron chi connectivity index (χ1n) is 6.60. The van der Waals surface area contributed by atoms with Crippen LogP contribution in [0.25, 0.3) is 0 Å². The maximum atomic E-state index is 12.2. The van der Waals surface area contributed by atoms with E-state index in [9.17, 15) is 4.79 Å². The average Bonchev–Trinajstić information content (AvgIpc) is 3.15. The highest BCUT2D eigenvalue weighted by Crippen LogP contribution is 2.30. The Bertz CT molecular complexity index is 674. The number of aromatic nitrogens is 4. The highest BCUT2D eigenvalue weighted by molar-refractivity contribution is 9.10. The molecular formula is C13H16BrN5O. The van der Waals surface area contributed by atoms with Gasteiger partial charge in [0.05, 0.1) is 18.1 Å². The van der Waals surface area contributed by atoms with Gasteiger partial charge in [-0.2, -0.15) is 10.2 Å². The summed E-state index contributed by atoms with van der Waals surface area (Å²) in [5.74, 6) is 0.626. The van der Waals surface area contributed by atoms with E-state index in [0.29, 0.717) is 22.6 Å². The molecule has 0 aromatic carbocycles. The second-order valence-electron chi connectivity index (χ2n) is 5.18. The van der Waals surface area contributed by atoms with Gasteiger partial charge in [0.15, 0.2) is 0 Å². The monoisotopic (exact) mass is 337 g/mol. The van der Waals surface area contributed by atoms with Crippen LogP contribution in [0.2, 0.25) is 0 Å². The van der Waals surface area contributed by atoms with Gasteiger partial charge in [-0.15, -0.1) is 0 Å². The molecule has 1 N–H and O–H groups in total. The first-order chi connectivity index (χ1) is 9.63. The first kappa shape index (κ1) is 13.4. The highest BCUT2D eigenvalue weighted by Gasteiger charge is 2.23. The van der Waals surface area contributed by atoms with Crippen molar-refractivity contribution in [3.05, 3.63) is 39.0 Å². The van der Waals surface area contributed by atoms with Gasteiger partial charge in [-0.05, 0) is 34.7 Å². The normalized spacial score (nSPS) is 14.5.